The Morgan fingerprint density at radius 3 is 2.52 bits per heavy atom. The van der Waals surface area contributed by atoms with E-state index in [1.165, 1.54) is 37.6 Å². The topological polar surface area (TPSA) is 51.2 Å². The third-order valence-corrected chi connectivity index (χ3v) is 3.24. The van der Waals surface area contributed by atoms with Crippen molar-refractivity contribution in [2.45, 2.75) is 18.5 Å². The maximum atomic E-state index is 13.2. The van der Waals surface area contributed by atoms with Crippen molar-refractivity contribution in [1.29, 1.82) is 0 Å². The molecule has 0 saturated heterocycles. The van der Waals surface area contributed by atoms with Gasteiger partial charge in [-0.15, -0.1) is 0 Å². The van der Waals surface area contributed by atoms with E-state index in [2.05, 4.69) is 10.3 Å². The molecular weight excluding hydrogens is 309 g/mol. The number of nitrogens with one attached hydrogen (secondary N) is 1. The molecule has 1 aromatic carbocycles. The van der Waals surface area contributed by atoms with E-state index < -0.39 is 24.4 Å². The summed E-state index contributed by atoms with van der Waals surface area (Å²) in [5.41, 5.74) is 0.0446. The van der Waals surface area contributed by atoms with Gasteiger partial charge < -0.3 is 10.1 Å². The lowest BCUT2D eigenvalue weighted by Crippen LogP contribution is -2.26. The molecule has 23 heavy (non-hydrogen) atoms. The quantitative estimate of drug-likeness (QED) is 0.911. The highest BCUT2D eigenvalue weighted by atomic mass is 19.4. The van der Waals surface area contributed by atoms with E-state index in [-0.39, 0.29) is 17.1 Å². The molecule has 1 aromatic heterocycles. The highest BCUT2D eigenvalue weighted by Gasteiger charge is 2.41. The van der Waals surface area contributed by atoms with Gasteiger partial charge in [-0.3, -0.25) is 4.79 Å². The van der Waals surface area contributed by atoms with Crippen molar-refractivity contribution in [3.8, 4) is 5.75 Å². The number of methoxy groups -OCH3 is 1. The standard InChI is InChI=1S/C16H15F3N2O2/c1-23-13-8-5-9-20-15(13)21-14(22)10-12(16(17,18)19)11-6-3-2-4-7-11/h2-9,12H,10H2,1H3,(H,20,21,22)/t12-/m1/s1. The fourth-order valence-corrected chi connectivity index (χ4v) is 2.13. The maximum absolute atomic E-state index is 13.2. The smallest absolute Gasteiger partial charge is 0.396 e. The van der Waals surface area contributed by atoms with E-state index in [1.54, 1.807) is 18.2 Å². The second-order valence-electron chi connectivity index (χ2n) is 4.81. The summed E-state index contributed by atoms with van der Waals surface area (Å²) in [5.74, 6) is -2.29. The third kappa shape index (κ3) is 4.45. The number of carbonyl (C=O) groups is 1. The van der Waals surface area contributed by atoms with Crippen LogP contribution in [0.25, 0.3) is 0 Å². The lowest BCUT2D eigenvalue weighted by atomic mass is 9.95. The number of anilines is 1. The number of rotatable bonds is 5. The zero-order chi connectivity index (χ0) is 16.9. The summed E-state index contributed by atoms with van der Waals surface area (Å²) in [6, 6.07) is 10.5. The van der Waals surface area contributed by atoms with E-state index in [0.29, 0.717) is 0 Å². The predicted molar refractivity (Wildman–Crippen MR) is 79.3 cm³/mol. The average molecular weight is 324 g/mol. The van der Waals surface area contributed by atoms with Crippen molar-refractivity contribution in [2.24, 2.45) is 0 Å². The minimum Gasteiger partial charge on any atom is -0.493 e. The summed E-state index contributed by atoms with van der Waals surface area (Å²) in [4.78, 5) is 15.9. The van der Waals surface area contributed by atoms with Gasteiger partial charge in [0.15, 0.2) is 11.6 Å². The third-order valence-electron chi connectivity index (χ3n) is 3.24. The number of hydrogen-bond donors (Lipinski definition) is 1. The van der Waals surface area contributed by atoms with Crippen molar-refractivity contribution in [1.82, 2.24) is 4.98 Å². The molecule has 1 N–H and O–H groups in total. The van der Waals surface area contributed by atoms with Gasteiger partial charge in [-0.05, 0) is 17.7 Å². The molecule has 2 aromatic rings. The van der Waals surface area contributed by atoms with Crippen molar-refractivity contribution in [3.63, 3.8) is 0 Å². The van der Waals surface area contributed by atoms with Crippen LogP contribution in [0.2, 0.25) is 0 Å². The van der Waals surface area contributed by atoms with Crippen LogP contribution in [0.4, 0.5) is 19.0 Å². The number of amides is 1. The van der Waals surface area contributed by atoms with Gasteiger partial charge >= 0.3 is 6.18 Å². The first kappa shape index (κ1) is 16.8. The maximum Gasteiger partial charge on any atom is 0.396 e. The number of pyridine rings is 1. The number of aromatic nitrogens is 1. The average Bonchev–Trinajstić information content (AvgIpc) is 2.53. The number of carbonyl (C=O) groups excluding carboxylic acids is 1. The lowest BCUT2D eigenvalue weighted by molar-refractivity contribution is -0.155. The van der Waals surface area contributed by atoms with Crippen LogP contribution < -0.4 is 10.1 Å². The Balaban J connectivity index is 2.15. The summed E-state index contributed by atoms with van der Waals surface area (Å²) >= 11 is 0. The molecule has 2 rings (SSSR count). The van der Waals surface area contributed by atoms with E-state index in [9.17, 15) is 18.0 Å². The number of ether oxygens (including phenoxy) is 1. The van der Waals surface area contributed by atoms with Crippen LogP contribution in [0, 0.1) is 0 Å². The number of nitrogens with zero attached hydrogens (tertiary/aromatic N) is 1. The molecule has 0 spiro atoms. The monoisotopic (exact) mass is 324 g/mol. The van der Waals surface area contributed by atoms with Gasteiger partial charge in [0.1, 0.15) is 0 Å². The summed E-state index contributed by atoms with van der Waals surface area (Å²) in [7, 11) is 1.38. The highest BCUT2D eigenvalue weighted by Crippen LogP contribution is 2.37. The first-order valence-corrected chi connectivity index (χ1v) is 6.82. The summed E-state index contributed by atoms with van der Waals surface area (Å²) in [6.45, 7) is 0. The molecule has 0 aliphatic carbocycles. The SMILES string of the molecule is COc1cccnc1NC(=O)C[C@H](c1ccccc1)C(F)(F)F. The van der Waals surface area contributed by atoms with Crippen molar-refractivity contribution in [3.05, 3.63) is 54.2 Å². The minimum atomic E-state index is -4.52. The molecule has 0 unspecified atom stereocenters. The van der Waals surface area contributed by atoms with Gasteiger partial charge in [-0.25, -0.2) is 4.98 Å². The molecule has 1 atom stereocenters. The van der Waals surface area contributed by atoms with Crippen LogP contribution in [0.15, 0.2) is 48.7 Å². The molecule has 4 nitrogen and oxygen atoms in total. The summed E-state index contributed by atoms with van der Waals surface area (Å²) < 4.78 is 44.7. The summed E-state index contributed by atoms with van der Waals surface area (Å²) in [6.07, 6.45) is -3.84. The number of alkyl halides is 3. The van der Waals surface area contributed by atoms with Crippen LogP contribution in [0.5, 0.6) is 5.75 Å². The minimum absolute atomic E-state index is 0.0446. The van der Waals surface area contributed by atoms with Gasteiger partial charge in [0, 0.05) is 12.6 Å². The van der Waals surface area contributed by atoms with Crippen LogP contribution in [0.1, 0.15) is 17.9 Å². The van der Waals surface area contributed by atoms with Crippen molar-refractivity contribution < 1.29 is 22.7 Å². The van der Waals surface area contributed by atoms with E-state index in [1.807, 2.05) is 0 Å². The van der Waals surface area contributed by atoms with Crippen molar-refractivity contribution in [2.75, 3.05) is 12.4 Å². The van der Waals surface area contributed by atoms with Crippen LogP contribution in [0.3, 0.4) is 0 Å². The van der Waals surface area contributed by atoms with Gasteiger partial charge in [0.05, 0.1) is 13.0 Å². The molecule has 1 heterocycles. The zero-order valence-corrected chi connectivity index (χ0v) is 12.3. The molecule has 1 amide bonds. The molecule has 0 radical (unpaired) electrons. The van der Waals surface area contributed by atoms with Crippen LogP contribution in [-0.2, 0) is 4.79 Å². The molecule has 0 aliphatic heterocycles. The van der Waals surface area contributed by atoms with E-state index in [0.717, 1.165) is 0 Å². The van der Waals surface area contributed by atoms with Crippen molar-refractivity contribution >= 4 is 11.7 Å². The van der Waals surface area contributed by atoms with Gasteiger partial charge in [-0.2, -0.15) is 13.2 Å². The zero-order valence-electron chi connectivity index (χ0n) is 12.3. The number of benzene rings is 1. The molecule has 0 aliphatic rings. The van der Waals surface area contributed by atoms with Gasteiger partial charge in [-0.1, -0.05) is 30.3 Å². The highest BCUT2D eigenvalue weighted by molar-refractivity contribution is 5.91. The molecular formula is C16H15F3N2O2. The second-order valence-corrected chi connectivity index (χ2v) is 4.81. The predicted octanol–water partition coefficient (Wildman–Crippen LogP) is 3.76. The first-order valence-electron chi connectivity index (χ1n) is 6.82. The van der Waals surface area contributed by atoms with E-state index >= 15 is 0 Å². The Labute approximate surface area is 131 Å². The summed E-state index contributed by atoms with van der Waals surface area (Å²) in [5, 5.41) is 2.36. The Morgan fingerprint density at radius 2 is 1.91 bits per heavy atom. The molecule has 0 bridgehead atoms. The fourth-order valence-electron chi connectivity index (χ4n) is 2.13. The van der Waals surface area contributed by atoms with Gasteiger partial charge in [0.2, 0.25) is 5.91 Å². The first-order chi connectivity index (χ1) is 10.9. The molecule has 7 heteroatoms. The lowest BCUT2D eigenvalue weighted by Gasteiger charge is -2.20. The Kier molecular flexibility index (Phi) is 5.20. The van der Waals surface area contributed by atoms with Gasteiger partial charge in [0.25, 0.3) is 0 Å². The molecule has 0 saturated carbocycles. The molecule has 122 valence electrons. The Morgan fingerprint density at radius 1 is 1.22 bits per heavy atom. The Bertz CT molecular complexity index is 660. The fraction of sp³-hybridized carbons (Fsp3) is 0.250. The number of hydrogen-bond acceptors (Lipinski definition) is 3. The Hall–Kier alpha value is -2.57. The normalized spacial score (nSPS) is 12.5. The molecule has 0 fully saturated rings. The van der Waals surface area contributed by atoms with E-state index in [4.69, 9.17) is 4.74 Å². The van der Waals surface area contributed by atoms with Crippen LogP contribution >= 0.6 is 0 Å². The second kappa shape index (κ2) is 7.13. The largest absolute Gasteiger partial charge is 0.493 e. The number of halogens is 3. The van der Waals surface area contributed by atoms with Crippen LogP contribution in [-0.4, -0.2) is 24.2 Å².